The molecule has 1 heterocycles. The lowest BCUT2D eigenvalue weighted by Gasteiger charge is -2.28. The van der Waals surface area contributed by atoms with Gasteiger partial charge in [-0.3, -0.25) is 9.36 Å². The zero-order chi connectivity index (χ0) is 16.7. The third kappa shape index (κ3) is 3.08. The van der Waals surface area contributed by atoms with Gasteiger partial charge < -0.3 is 10.3 Å². The van der Waals surface area contributed by atoms with E-state index in [0.29, 0.717) is 5.56 Å². The van der Waals surface area contributed by atoms with E-state index in [1.807, 2.05) is 20.8 Å². The molecule has 22 heavy (non-hydrogen) atoms. The predicted octanol–water partition coefficient (Wildman–Crippen LogP) is 3.07. The molecule has 1 amide bonds. The number of nitrogens with zero attached hydrogens (tertiary/aromatic N) is 1. The van der Waals surface area contributed by atoms with E-state index >= 15 is 0 Å². The maximum atomic E-state index is 12.3. The van der Waals surface area contributed by atoms with Crippen molar-refractivity contribution in [2.45, 2.75) is 53.6 Å². The molecule has 0 aliphatic heterocycles. The van der Waals surface area contributed by atoms with E-state index in [1.54, 1.807) is 22.8 Å². The first-order valence-electron chi connectivity index (χ1n) is 7.66. The van der Waals surface area contributed by atoms with Crippen LogP contribution in [-0.4, -0.2) is 21.5 Å². The van der Waals surface area contributed by atoms with Gasteiger partial charge in [-0.25, -0.2) is 4.79 Å². The Hall–Kier alpha value is -2.04. The van der Waals surface area contributed by atoms with E-state index in [0.717, 1.165) is 11.0 Å². The van der Waals surface area contributed by atoms with E-state index in [-0.39, 0.29) is 29.1 Å². The van der Waals surface area contributed by atoms with Crippen LogP contribution < -0.4 is 11.0 Å². The molecule has 0 aliphatic rings. The predicted molar refractivity (Wildman–Crippen MR) is 89.3 cm³/mol. The lowest BCUT2D eigenvalue weighted by atomic mass is 9.88. The summed E-state index contributed by atoms with van der Waals surface area (Å²) in [5.41, 5.74) is 1.88. The summed E-state index contributed by atoms with van der Waals surface area (Å²) in [6.45, 7) is 12.2. The molecular formula is C17H25N3O2. The second-order valence-electron chi connectivity index (χ2n) is 7.20. The summed E-state index contributed by atoms with van der Waals surface area (Å²) in [6, 6.07) is 5.40. The van der Waals surface area contributed by atoms with Gasteiger partial charge in [-0.1, -0.05) is 20.8 Å². The Morgan fingerprint density at radius 1 is 1.23 bits per heavy atom. The van der Waals surface area contributed by atoms with Crippen molar-refractivity contribution in [3.05, 3.63) is 34.2 Å². The number of hydrogen-bond donors (Lipinski definition) is 2. The molecule has 0 saturated heterocycles. The molecule has 1 aromatic heterocycles. The molecular weight excluding hydrogens is 278 g/mol. The molecule has 2 rings (SSSR count). The number of fused-ring (bicyclic) bond motifs is 1. The Morgan fingerprint density at radius 2 is 1.86 bits per heavy atom. The van der Waals surface area contributed by atoms with Gasteiger partial charge in [0.05, 0.1) is 11.0 Å². The van der Waals surface area contributed by atoms with Crippen LogP contribution in [0, 0.1) is 5.41 Å². The highest BCUT2D eigenvalue weighted by molar-refractivity contribution is 5.97. The molecule has 2 aromatic rings. The molecule has 0 bridgehead atoms. The summed E-state index contributed by atoms with van der Waals surface area (Å²) in [5.74, 6) is -0.125. The number of aromatic amines is 1. The standard InChI is InChI=1S/C17H25N3O2/c1-10(2)18-15(21)12-7-8-13-14(9-12)20(16(22)19-13)11(3)17(4,5)6/h7-11H,1-6H3,(H,18,21)(H,19,22)/t11-/m1/s1. The molecule has 0 saturated carbocycles. The van der Waals surface area contributed by atoms with E-state index in [9.17, 15) is 9.59 Å². The Kier molecular flexibility index (Phi) is 4.18. The van der Waals surface area contributed by atoms with Crippen molar-refractivity contribution >= 4 is 16.9 Å². The number of carbonyl (C=O) groups is 1. The topological polar surface area (TPSA) is 66.9 Å². The molecule has 2 N–H and O–H groups in total. The monoisotopic (exact) mass is 303 g/mol. The molecule has 0 spiro atoms. The zero-order valence-corrected chi connectivity index (χ0v) is 14.2. The lowest BCUT2D eigenvalue weighted by Crippen LogP contribution is -2.30. The average molecular weight is 303 g/mol. The molecule has 5 heteroatoms. The molecule has 120 valence electrons. The fraction of sp³-hybridized carbons (Fsp3) is 0.529. The maximum Gasteiger partial charge on any atom is 0.326 e. The first-order valence-corrected chi connectivity index (χ1v) is 7.66. The summed E-state index contributed by atoms with van der Waals surface area (Å²) >= 11 is 0. The van der Waals surface area contributed by atoms with Crippen LogP contribution in [0.2, 0.25) is 0 Å². The Bertz CT molecular complexity index is 747. The SMILES string of the molecule is CC(C)NC(=O)c1ccc2[nH]c(=O)n([C@H](C)C(C)(C)C)c2c1. The van der Waals surface area contributed by atoms with Gasteiger partial charge in [0.25, 0.3) is 5.91 Å². The number of carbonyl (C=O) groups excluding carboxylic acids is 1. The number of rotatable bonds is 3. The third-order valence-corrected chi connectivity index (χ3v) is 4.04. The van der Waals surface area contributed by atoms with Crippen molar-refractivity contribution in [3.63, 3.8) is 0 Å². The van der Waals surface area contributed by atoms with Crippen LogP contribution in [0.1, 0.15) is 57.9 Å². The molecule has 1 aromatic carbocycles. The number of hydrogen-bond acceptors (Lipinski definition) is 2. The minimum Gasteiger partial charge on any atom is -0.350 e. The Morgan fingerprint density at radius 3 is 2.41 bits per heavy atom. The number of benzene rings is 1. The highest BCUT2D eigenvalue weighted by Crippen LogP contribution is 2.31. The number of H-pyrrole nitrogens is 1. The van der Waals surface area contributed by atoms with Crippen molar-refractivity contribution in [1.82, 2.24) is 14.9 Å². The van der Waals surface area contributed by atoms with Gasteiger partial charge in [-0.05, 0) is 44.4 Å². The fourth-order valence-electron chi connectivity index (χ4n) is 2.38. The highest BCUT2D eigenvalue weighted by atomic mass is 16.2. The fourth-order valence-corrected chi connectivity index (χ4v) is 2.38. The number of imidazole rings is 1. The van der Waals surface area contributed by atoms with Crippen LogP contribution in [-0.2, 0) is 0 Å². The van der Waals surface area contributed by atoms with Gasteiger partial charge in [0.1, 0.15) is 0 Å². The summed E-state index contributed by atoms with van der Waals surface area (Å²) in [7, 11) is 0. The average Bonchev–Trinajstić information content (AvgIpc) is 2.70. The second-order valence-corrected chi connectivity index (χ2v) is 7.20. The number of amides is 1. The van der Waals surface area contributed by atoms with Gasteiger partial charge in [0.15, 0.2) is 0 Å². The van der Waals surface area contributed by atoms with Crippen molar-refractivity contribution in [2.75, 3.05) is 0 Å². The van der Waals surface area contributed by atoms with E-state index in [4.69, 9.17) is 0 Å². The summed E-state index contributed by atoms with van der Waals surface area (Å²) in [5, 5.41) is 2.87. The van der Waals surface area contributed by atoms with Gasteiger partial charge in [0.2, 0.25) is 0 Å². The number of nitrogens with one attached hydrogen (secondary N) is 2. The van der Waals surface area contributed by atoms with Crippen LogP contribution in [0.15, 0.2) is 23.0 Å². The van der Waals surface area contributed by atoms with E-state index < -0.39 is 0 Å². The first-order chi connectivity index (χ1) is 10.1. The largest absolute Gasteiger partial charge is 0.350 e. The molecule has 0 radical (unpaired) electrons. The van der Waals surface area contributed by atoms with Gasteiger partial charge in [-0.15, -0.1) is 0 Å². The van der Waals surface area contributed by atoms with Crippen LogP contribution in [0.3, 0.4) is 0 Å². The third-order valence-electron chi connectivity index (χ3n) is 4.04. The van der Waals surface area contributed by atoms with E-state index in [2.05, 4.69) is 31.1 Å². The summed E-state index contributed by atoms with van der Waals surface area (Å²) < 4.78 is 1.74. The molecule has 0 fully saturated rings. The molecule has 5 nitrogen and oxygen atoms in total. The first kappa shape index (κ1) is 16.3. The van der Waals surface area contributed by atoms with Crippen molar-refractivity contribution in [3.8, 4) is 0 Å². The smallest absolute Gasteiger partial charge is 0.326 e. The van der Waals surface area contributed by atoms with Gasteiger partial charge in [-0.2, -0.15) is 0 Å². The minimum absolute atomic E-state index is 0.0113. The quantitative estimate of drug-likeness (QED) is 0.915. The van der Waals surface area contributed by atoms with Gasteiger partial charge >= 0.3 is 5.69 Å². The summed E-state index contributed by atoms with van der Waals surface area (Å²) in [6.07, 6.45) is 0. The minimum atomic E-state index is -0.140. The second kappa shape index (κ2) is 5.63. The summed E-state index contributed by atoms with van der Waals surface area (Å²) in [4.78, 5) is 27.3. The maximum absolute atomic E-state index is 12.3. The van der Waals surface area contributed by atoms with Crippen molar-refractivity contribution in [2.24, 2.45) is 5.41 Å². The Balaban J connectivity index is 2.56. The normalized spacial score (nSPS) is 13.6. The Labute approximate surface area is 130 Å². The van der Waals surface area contributed by atoms with Crippen LogP contribution in [0.5, 0.6) is 0 Å². The van der Waals surface area contributed by atoms with Gasteiger partial charge in [0, 0.05) is 17.6 Å². The zero-order valence-electron chi connectivity index (χ0n) is 14.2. The molecule has 0 aliphatic carbocycles. The van der Waals surface area contributed by atoms with E-state index in [1.165, 1.54) is 0 Å². The number of aromatic nitrogens is 2. The molecule has 1 atom stereocenters. The van der Waals surface area contributed by atoms with Crippen molar-refractivity contribution in [1.29, 1.82) is 0 Å². The lowest BCUT2D eigenvalue weighted by molar-refractivity contribution is 0.0943. The van der Waals surface area contributed by atoms with Crippen molar-refractivity contribution < 1.29 is 4.79 Å². The molecule has 0 unspecified atom stereocenters. The highest BCUT2D eigenvalue weighted by Gasteiger charge is 2.25. The van der Waals surface area contributed by atoms with Crippen LogP contribution in [0.25, 0.3) is 11.0 Å². The van der Waals surface area contributed by atoms with Crippen LogP contribution >= 0.6 is 0 Å². The van der Waals surface area contributed by atoms with Crippen LogP contribution in [0.4, 0.5) is 0 Å².